The molecule has 4 rings (SSSR count). The molecule has 1 saturated heterocycles. The molecule has 1 aliphatic rings. The molecule has 0 bridgehead atoms. The summed E-state index contributed by atoms with van der Waals surface area (Å²) in [6.07, 6.45) is 2.31. The van der Waals surface area contributed by atoms with Crippen LogP contribution in [0.25, 0.3) is 16.7 Å². The maximum Gasteiger partial charge on any atom is 0.262 e. The molecule has 0 atom stereocenters. The SMILES string of the molecule is Cn1c(=O)c2cc(Cl)ccc2n2c(N3CCCC3)nnc12. The van der Waals surface area contributed by atoms with Crippen molar-refractivity contribution in [3.8, 4) is 0 Å². The Labute approximate surface area is 125 Å². The van der Waals surface area contributed by atoms with Gasteiger partial charge in [0.05, 0.1) is 10.9 Å². The van der Waals surface area contributed by atoms with Crippen molar-refractivity contribution >= 4 is 34.2 Å². The van der Waals surface area contributed by atoms with Crippen LogP contribution in [0.3, 0.4) is 0 Å². The average molecular weight is 304 g/mol. The van der Waals surface area contributed by atoms with Crippen LogP contribution >= 0.6 is 11.6 Å². The molecule has 0 unspecified atom stereocenters. The highest BCUT2D eigenvalue weighted by molar-refractivity contribution is 6.31. The highest BCUT2D eigenvalue weighted by atomic mass is 35.5. The quantitative estimate of drug-likeness (QED) is 0.688. The first kappa shape index (κ1) is 12.6. The van der Waals surface area contributed by atoms with Gasteiger partial charge in [0.15, 0.2) is 0 Å². The summed E-state index contributed by atoms with van der Waals surface area (Å²) < 4.78 is 3.46. The lowest BCUT2D eigenvalue weighted by molar-refractivity contribution is 0.854. The number of halogens is 1. The fourth-order valence-electron chi connectivity index (χ4n) is 2.97. The van der Waals surface area contributed by atoms with E-state index in [2.05, 4.69) is 15.1 Å². The molecule has 0 saturated carbocycles. The number of aryl methyl sites for hydroxylation is 1. The van der Waals surface area contributed by atoms with Crippen LogP contribution < -0.4 is 10.5 Å². The fraction of sp³-hybridized carbons (Fsp3) is 0.357. The van der Waals surface area contributed by atoms with Crippen molar-refractivity contribution in [3.05, 3.63) is 33.6 Å². The maximum absolute atomic E-state index is 12.4. The van der Waals surface area contributed by atoms with Crippen LogP contribution in [0, 0.1) is 0 Å². The zero-order valence-electron chi connectivity index (χ0n) is 11.6. The van der Waals surface area contributed by atoms with E-state index >= 15 is 0 Å². The number of hydrogen-bond donors (Lipinski definition) is 0. The molecule has 3 aromatic rings. The standard InChI is InChI=1S/C14H14ClN5O/c1-18-12(21)10-8-9(15)4-5-11(10)20-13(18)16-17-14(20)19-6-2-3-7-19/h4-5,8H,2-3,6-7H2,1H3. The third-order valence-corrected chi connectivity index (χ3v) is 4.29. The van der Waals surface area contributed by atoms with E-state index in [0.29, 0.717) is 16.2 Å². The first-order valence-corrected chi connectivity index (χ1v) is 7.33. The van der Waals surface area contributed by atoms with E-state index in [1.54, 1.807) is 19.2 Å². The Morgan fingerprint density at radius 3 is 2.71 bits per heavy atom. The zero-order valence-corrected chi connectivity index (χ0v) is 12.3. The molecule has 21 heavy (non-hydrogen) atoms. The Morgan fingerprint density at radius 1 is 1.19 bits per heavy atom. The number of hydrogen-bond acceptors (Lipinski definition) is 4. The van der Waals surface area contributed by atoms with Crippen LogP contribution in [0.2, 0.25) is 5.02 Å². The minimum atomic E-state index is -0.111. The Bertz CT molecular complexity index is 907. The summed E-state index contributed by atoms with van der Waals surface area (Å²) in [5.74, 6) is 1.35. The van der Waals surface area contributed by atoms with Crippen LogP contribution in [-0.2, 0) is 7.05 Å². The maximum atomic E-state index is 12.4. The van der Waals surface area contributed by atoms with E-state index in [-0.39, 0.29) is 5.56 Å². The molecule has 2 aromatic heterocycles. The number of benzene rings is 1. The molecule has 0 N–H and O–H groups in total. The largest absolute Gasteiger partial charge is 0.341 e. The Hall–Kier alpha value is -2.08. The van der Waals surface area contributed by atoms with Gasteiger partial charge in [0.25, 0.3) is 5.56 Å². The van der Waals surface area contributed by atoms with Crippen LogP contribution in [0.1, 0.15) is 12.8 Å². The normalized spacial score (nSPS) is 15.4. The number of aromatic nitrogens is 4. The average Bonchev–Trinajstić information content (AvgIpc) is 3.13. The van der Waals surface area contributed by atoms with Gasteiger partial charge in [0.1, 0.15) is 0 Å². The molecule has 0 amide bonds. The van der Waals surface area contributed by atoms with Gasteiger partial charge < -0.3 is 4.90 Å². The van der Waals surface area contributed by atoms with Crippen LogP contribution in [-0.4, -0.2) is 32.3 Å². The molecular weight excluding hydrogens is 290 g/mol. The zero-order chi connectivity index (χ0) is 14.6. The van der Waals surface area contributed by atoms with E-state index < -0.39 is 0 Å². The molecule has 7 heteroatoms. The molecule has 1 fully saturated rings. The summed E-state index contributed by atoms with van der Waals surface area (Å²) >= 11 is 6.04. The Kier molecular flexibility index (Phi) is 2.68. The summed E-state index contributed by atoms with van der Waals surface area (Å²) in [4.78, 5) is 14.6. The highest BCUT2D eigenvalue weighted by Gasteiger charge is 2.21. The van der Waals surface area contributed by atoms with Crippen molar-refractivity contribution in [2.75, 3.05) is 18.0 Å². The van der Waals surface area contributed by atoms with Gasteiger partial charge in [0, 0.05) is 25.2 Å². The topological polar surface area (TPSA) is 55.4 Å². The van der Waals surface area contributed by atoms with Gasteiger partial charge in [-0.1, -0.05) is 11.6 Å². The van der Waals surface area contributed by atoms with Gasteiger partial charge >= 0.3 is 0 Å². The summed E-state index contributed by atoms with van der Waals surface area (Å²) in [6.45, 7) is 1.94. The van der Waals surface area contributed by atoms with Gasteiger partial charge in [-0.3, -0.25) is 9.36 Å². The number of rotatable bonds is 1. The van der Waals surface area contributed by atoms with E-state index in [4.69, 9.17) is 11.6 Å². The molecule has 1 aliphatic heterocycles. The molecule has 108 valence electrons. The van der Waals surface area contributed by atoms with E-state index in [0.717, 1.165) is 37.4 Å². The van der Waals surface area contributed by atoms with Crippen molar-refractivity contribution in [1.82, 2.24) is 19.2 Å². The molecule has 3 heterocycles. The fourth-order valence-corrected chi connectivity index (χ4v) is 3.14. The first-order chi connectivity index (χ1) is 10.2. The Balaban J connectivity index is 2.15. The predicted molar refractivity (Wildman–Crippen MR) is 82.2 cm³/mol. The molecule has 0 spiro atoms. The highest BCUT2D eigenvalue weighted by Crippen LogP contribution is 2.24. The van der Waals surface area contributed by atoms with Crippen LogP contribution in [0.4, 0.5) is 5.95 Å². The number of anilines is 1. The molecule has 0 aliphatic carbocycles. The van der Waals surface area contributed by atoms with Crippen molar-refractivity contribution in [2.45, 2.75) is 12.8 Å². The molecule has 1 aromatic carbocycles. The lowest BCUT2D eigenvalue weighted by Crippen LogP contribution is -2.23. The smallest absolute Gasteiger partial charge is 0.262 e. The second-order valence-electron chi connectivity index (χ2n) is 5.36. The predicted octanol–water partition coefficient (Wildman–Crippen LogP) is 1.83. The minimum absolute atomic E-state index is 0.111. The number of nitrogens with zero attached hydrogens (tertiary/aromatic N) is 5. The monoisotopic (exact) mass is 303 g/mol. The summed E-state index contributed by atoms with van der Waals surface area (Å²) in [7, 11) is 1.71. The second kappa shape index (κ2) is 4.46. The summed E-state index contributed by atoms with van der Waals surface area (Å²) in [6, 6.07) is 5.35. The van der Waals surface area contributed by atoms with Crippen LogP contribution in [0.15, 0.2) is 23.0 Å². The first-order valence-electron chi connectivity index (χ1n) is 6.95. The van der Waals surface area contributed by atoms with E-state index in [1.807, 2.05) is 10.5 Å². The molecule has 6 nitrogen and oxygen atoms in total. The van der Waals surface area contributed by atoms with Crippen molar-refractivity contribution in [1.29, 1.82) is 0 Å². The molecule has 0 radical (unpaired) electrons. The summed E-state index contributed by atoms with van der Waals surface area (Å²) in [5, 5.41) is 9.63. The van der Waals surface area contributed by atoms with E-state index in [1.165, 1.54) is 4.57 Å². The van der Waals surface area contributed by atoms with Crippen molar-refractivity contribution < 1.29 is 0 Å². The van der Waals surface area contributed by atoms with Gasteiger partial charge in [-0.05, 0) is 31.0 Å². The van der Waals surface area contributed by atoms with Crippen molar-refractivity contribution in [2.24, 2.45) is 7.05 Å². The van der Waals surface area contributed by atoms with Crippen LogP contribution in [0.5, 0.6) is 0 Å². The van der Waals surface area contributed by atoms with Crippen molar-refractivity contribution in [3.63, 3.8) is 0 Å². The van der Waals surface area contributed by atoms with Gasteiger partial charge in [-0.15, -0.1) is 10.2 Å². The second-order valence-corrected chi connectivity index (χ2v) is 5.79. The third kappa shape index (κ3) is 1.75. The lowest BCUT2D eigenvalue weighted by Gasteiger charge is -2.16. The van der Waals surface area contributed by atoms with Gasteiger partial charge in [0.2, 0.25) is 11.7 Å². The summed E-state index contributed by atoms with van der Waals surface area (Å²) in [5.41, 5.74) is 0.685. The number of fused-ring (bicyclic) bond motifs is 3. The van der Waals surface area contributed by atoms with E-state index in [9.17, 15) is 4.79 Å². The lowest BCUT2D eigenvalue weighted by atomic mass is 10.2. The Morgan fingerprint density at radius 2 is 1.95 bits per heavy atom. The minimum Gasteiger partial charge on any atom is -0.341 e. The molecular formula is C14H14ClN5O. The van der Waals surface area contributed by atoms with Gasteiger partial charge in [-0.25, -0.2) is 4.40 Å². The third-order valence-electron chi connectivity index (χ3n) is 4.05. The van der Waals surface area contributed by atoms with Gasteiger partial charge in [-0.2, -0.15) is 0 Å².